The number of alkyl halides is 3. The molecular weight excluding hydrogens is 361 g/mol. The Morgan fingerprint density at radius 2 is 1.85 bits per heavy atom. The second kappa shape index (κ2) is 7.47. The van der Waals surface area contributed by atoms with Gasteiger partial charge in [0.2, 0.25) is 0 Å². The first kappa shape index (κ1) is 19.0. The van der Waals surface area contributed by atoms with Crippen LogP contribution >= 0.6 is 0 Å². The number of aromatic nitrogens is 5. The Hall–Kier alpha value is -2.75. The standard InChI is InChI=1S/C17H19F3N6O/c1-10-11(2)15-23-24-16(17(18,19)20)26(15)25-14(10)22-9-13(5-8-27)12-3-6-21-7-4-12/h3-4,6-7,13,27H,5,8-9H2,1-2H3,(H,22,25). The lowest BCUT2D eigenvalue weighted by Gasteiger charge is -2.19. The number of aliphatic hydroxyl groups is 1. The van der Waals surface area contributed by atoms with Gasteiger partial charge in [-0.25, -0.2) is 0 Å². The summed E-state index contributed by atoms with van der Waals surface area (Å²) in [6, 6.07) is 3.69. The minimum Gasteiger partial charge on any atom is -0.396 e. The number of rotatable bonds is 6. The summed E-state index contributed by atoms with van der Waals surface area (Å²) >= 11 is 0. The number of hydrogen-bond donors (Lipinski definition) is 2. The number of aliphatic hydroxyl groups excluding tert-OH is 1. The normalized spacial score (nSPS) is 13.1. The average Bonchev–Trinajstić information content (AvgIpc) is 3.07. The molecule has 3 rings (SSSR count). The van der Waals surface area contributed by atoms with Crippen LogP contribution in [0.15, 0.2) is 24.5 Å². The lowest BCUT2D eigenvalue weighted by molar-refractivity contribution is -0.146. The maximum absolute atomic E-state index is 13.1. The molecule has 144 valence electrons. The van der Waals surface area contributed by atoms with Gasteiger partial charge in [0.15, 0.2) is 5.65 Å². The van der Waals surface area contributed by atoms with Gasteiger partial charge in [0.25, 0.3) is 5.82 Å². The van der Waals surface area contributed by atoms with E-state index in [1.54, 1.807) is 26.2 Å². The van der Waals surface area contributed by atoms with Crippen LogP contribution in [0, 0.1) is 13.8 Å². The molecule has 10 heteroatoms. The molecule has 0 saturated heterocycles. The van der Waals surface area contributed by atoms with Crippen molar-refractivity contribution in [3.05, 3.63) is 47.0 Å². The first-order valence-corrected chi connectivity index (χ1v) is 8.37. The molecule has 0 aliphatic heterocycles. The summed E-state index contributed by atoms with van der Waals surface area (Å²) in [7, 11) is 0. The van der Waals surface area contributed by atoms with E-state index in [1.807, 2.05) is 12.1 Å². The van der Waals surface area contributed by atoms with E-state index in [0.29, 0.717) is 29.9 Å². The molecule has 0 fully saturated rings. The molecule has 0 aliphatic carbocycles. The van der Waals surface area contributed by atoms with Crippen LogP contribution in [0.1, 0.15) is 34.9 Å². The molecule has 0 radical (unpaired) electrons. The minimum absolute atomic E-state index is 0.0111. The van der Waals surface area contributed by atoms with Crippen LogP contribution in [0.5, 0.6) is 0 Å². The zero-order chi connectivity index (χ0) is 19.6. The Labute approximate surface area is 153 Å². The van der Waals surface area contributed by atoms with Crippen molar-refractivity contribution >= 4 is 11.5 Å². The number of hydrogen-bond acceptors (Lipinski definition) is 6. The van der Waals surface area contributed by atoms with E-state index in [9.17, 15) is 18.3 Å². The van der Waals surface area contributed by atoms with Crippen molar-refractivity contribution < 1.29 is 18.3 Å². The molecule has 1 unspecified atom stereocenters. The molecule has 1 atom stereocenters. The first-order chi connectivity index (χ1) is 12.8. The summed E-state index contributed by atoms with van der Waals surface area (Å²) in [5, 5.41) is 23.4. The number of aryl methyl sites for hydroxylation is 1. The Morgan fingerprint density at radius 1 is 1.15 bits per heavy atom. The van der Waals surface area contributed by atoms with Crippen molar-refractivity contribution in [2.24, 2.45) is 0 Å². The van der Waals surface area contributed by atoms with Crippen LogP contribution in [0.3, 0.4) is 0 Å². The number of anilines is 1. The van der Waals surface area contributed by atoms with Crippen LogP contribution in [0.25, 0.3) is 5.65 Å². The predicted molar refractivity (Wildman–Crippen MR) is 92.4 cm³/mol. The molecule has 0 aliphatic rings. The maximum Gasteiger partial charge on any atom is 0.453 e. The summed E-state index contributed by atoms with van der Waals surface area (Å²) in [5.41, 5.74) is 2.31. The summed E-state index contributed by atoms with van der Waals surface area (Å²) in [6.45, 7) is 3.83. The maximum atomic E-state index is 13.1. The van der Waals surface area contributed by atoms with E-state index in [1.165, 1.54) is 0 Å². The van der Waals surface area contributed by atoms with Gasteiger partial charge in [0, 0.05) is 37.0 Å². The van der Waals surface area contributed by atoms with Crippen molar-refractivity contribution in [1.82, 2.24) is 24.8 Å². The van der Waals surface area contributed by atoms with Crippen LogP contribution in [0.2, 0.25) is 0 Å². The van der Waals surface area contributed by atoms with E-state index in [0.717, 1.165) is 10.1 Å². The Balaban J connectivity index is 1.93. The fourth-order valence-electron chi connectivity index (χ4n) is 2.87. The third-order valence-corrected chi connectivity index (χ3v) is 4.52. The van der Waals surface area contributed by atoms with Gasteiger partial charge in [-0.3, -0.25) is 4.98 Å². The Kier molecular flexibility index (Phi) is 5.26. The number of halogens is 3. The van der Waals surface area contributed by atoms with E-state index in [2.05, 4.69) is 25.6 Å². The van der Waals surface area contributed by atoms with Crippen LogP contribution < -0.4 is 5.32 Å². The zero-order valence-corrected chi connectivity index (χ0v) is 14.8. The molecule has 0 saturated carbocycles. The van der Waals surface area contributed by atoms with Gasteiger partial charge in [-0.2, -0.15) is 17.7 Å². The van der Waals surface area contributed by atoms with Crippen LogP contribution in [0.4, 0.5) is 19.0 Å². The summed E-state index contributed by atoms with van der Waals surface area (Å²) in [6.07, 6.45) is -0.835. The van der Waals surface area contributed by atoms with Crippen LogP contribution in [-0.2, 0) is 6.18 Å². The van der Waals surface area contributed by atoms with Gasteiger partial charge in [-0.15, -0.1) is 15.3 Å². The molecule has 3 aromatic rings. The van der Waals surface area contributed by atoms with Gasteiger partial charge in [0.1, 0.15) is 5.82 Å². The Morgan fingerprint density at radius 3 is 2.48 bits per heavy atom. The highest BCUT2D eigenvalue weighted by Crippen LogP contribution is 2.30. The molecule has 0 bridgehead atoms. The lowest BCUT2D eigenvalue weighted by atomic mass is 9.97. The quantitative estimate of drug-likeness (QED) is 0.684. The second-order valence-corrected chi connectivity index (χ2v) is 6.23. The predicted octanol–water partition coefficient (Wildman–Crippen LogP) is 2.73. The highest BCUT2D eigenvalue weighted by molar-refractivity contribution is 5.58. The zero-order valence-electron chi connectivity index (χ0n) is 14.8. The fraction of sp³-hybridized carbons (Fsp3) is 0.412. The first-order valence-electron chi connectivity index (χ1n) is 8.37. The number of nitrogens with one attached hydrogen (secondary N) is 1. The Bertz CT molecular complexity index is 926. The van der Waals surface area contributed by atoms with Crippen molar-refractivity contribution in [3.8, 4) is 0 Å². The molecule has 27 heavy (non-hydrogen) atoms. The molecule has 0 amide bonds. The SMILES string of the molecule is Cc1c(NCC(CCO)c2ccncc2)nn2c(C(F)(F)F)nnc2c1C. The third-order valence-electron chi connectivity index (χ3n) is 4.52. The molecule has 3 aromatic heterocycles. The van der Waals surface area contributed by atoms with Gasteiger partial charge in [-0.1, -0.05) is 0 Å². The molecule has 0 aromatic carbocycles. The van der Waals surface area contributed by atoms with Crippen molar-refractivity contribution in [1.29, 1.82) is 0 Å². The molecular formula is C17H19F3N6O. The van der Waals surface area contributed by atoms with E-state index in [4.69, 9.17) is 0 Å². The van der Waals surface area contributed by atoms with Crippen molar-refractivity contribution in [2.45, 2.75) is 32.4 Å². The van der Waals surface area contributed by atoms with Crippen LogP contribution in [-0.4, -0.2) is 43.1 Å². The van der Waals surface area contributed by atoms with Gasteiger partial charge in [0.05, 0.1) is 0 Å². The molecule has 2 N–H and O–H groups in total. The largest absolute Gasteiger partial charge is 0.453 e. The number of pyridine rings is 1. The lowest BCUT2D eigenvalue weighted by Crippen LogP contribution is -2.18. The monoisotopic (exact) mass is 380 g/mol. The van der Waals surface area contributed by atoms with Gasteiger partial charge >= 0.3 is 6.18 Å². The smallest absolute Gasteiger partial charge is 0.396 e. The second-order valence-electron chi connectivity index (χ2n) is 6.23. The van der Waals surface area contributed by atoms with Crippen molar-refractivity contribution in [2.75, 3.05) is 18.5 Å². The van der Waals surface area contributed by atoms with Gasteiger partial charge < -0.3 is 10.4 Å². The van der Waals surface area contributed by atoms with E-state index < -0.39 is 12.0 Å². The van der Waals surface area contributed by atoms with Gasteiger partial charge in [-0.05, 0) is 43.5 Å². The number of fused-ring (bicyclic) bond motifs is 1. The third kappa shape index (κ3) is 3.85. The van der Waals surface area contributed by atoms with Crippen molar-refractivity contribution in [3.63, 3.8) is 0 Å². The average molecular weight is 380 g/mol. The van der Waals surface area contributed by atoms with E-state index >= 15 is 0 Å². The number of nitrogens with zero attached hydrogens (tertiary/aromatic N) is 5. The summed E-state index contributed by atoms with van der Waals surface area (Å²) in [4.78, 5) is 3.97. The minimum atomic E-state index is -4.65. The molecule has 0 spiro atoms. The highest BCUT2D eigenvalue weighted by atomic mass is 19.4. The molecule has 7 nitrogen and oxygen atoms in total. The summed E-state index contributed by atoms with van der Waals surface area (Å²) in [5.74, 6) is -0.884. The highest BCUT2D eigenvalue weighted by Gasteiger charge is 2.38. The topological polar surface area (TPSA) is 88.2 Å². The summed E-state index contributed by atoms with van der Waals surface area (Å²) < 4.78 is 40.1. The van der Waals surface area contributed by atoms with E-state index in [-0.39, 0.29) is 18.2 Å². The molecule has 3 heterocycles. The fourth-order valence-corrected chi connectivity index (χ4v) is 2.87.